The van der Waals surface area contributed by atoms with Crippen molar-refractivity contribution in [1.82, 2.24) is 0 Å². The van der Waals surface area contributed by atoms with E-state index in [1.807, 2.05) is 0 Å². The third-order valence-electron chi connectivity index (χ3n) is 3.46. The molecule has 1 aromatic rings. The van der Waals surface area contributed by atoms with Gasteiger partial charge in [-0.3, -0.25) is 9.69 Å². The minimum atomic E-state index is -0.846. The summed E-state index contributed by atoms with van der Waals surface area (Å²) >= 11 is 0. The van der Waals surface area contributed by atoms with Crippen LogP contribution in [0.1, 0.15) is 18.1 Å². The van der Waals surface area contributed by atoms with Crippen LogP contribution in [0.15, 0.2) is 17.2 Å². The van der Waals surface area contributed by atoms with Gasteiger partial charge in [-0.2, -0.15) is 0 Å². The van der Waals surface area contributed by atoms with Crippen molar-refractivity contribution in [2.75, 3.05) is 25.7 Å². The molecule has 1 atom stereocenters. The van der Waals surface area contributed by atoms with Gasteiger partial charge in [-0.1, -0.05) is 17.2 Å². The number of nitrogens with zero attached hydrogens (tertiary/aromatic N) is 4. The Morgan fingerprint density at radius 3 is 2.52 bits per heavy atom. The Bertz CT molecular complexity index is 653. The first-order chi connectivity index (χ1) is 10.9. The van der Waals surface area contributed by atoms with Gasteiger partial charge in [0, 0.05) is 17.7 Å². The summed E-state index contributed by atoms with van der Waals surface area (Å²) in [6.07, 6.45) is 0. The van der Waals surface area contributed by atoms with Gasteiger partial charge >= 0.3 is 5.97 Å². The zero-order chi connectivity index (χ0) is 17.6. The smallest absolute Gasteiger partial charge is 0.328 e. The van der Waals surface area contributed by atoms with Gasteiger partial charge in [-0.05, 0) is 37.4 Å². The maximum absolute atomic E-state index is 12.5. The van der Waals surface area contributed by atoms with Crippen molar-refractivity contribution in [1.29, 1.82) is 0 Å². The van der Waals surface area contributed by atoms with Crippen molar-refractivity contribution in [3.8, 4) is 0 Å². The van der Waals surface area contributed by atoms with Gasteiger partial charge in [0.05, 0.1) is 12.8 Å². The Balaban J connectivity index is 3.53. The molecule has 0 aromatic heterocycles. The fourth-order valence-corrected chi connectivity index (χ4v) is 2.36. The molecule has 0 aliphatic carbocycles. The molecule has 0 saturated heterocycles. The number of benzene rings is 1. The Kier molecular flexibility index (Phi) is 6.56. The number of rotatable bonds is 6. The van der Waals surface area contributed by atoms with Crippen LogP contribution in [0.3, 0.4) is 0 Å². The predicted molar refractivity (Wildman–Crippen MR) is 85.6 cm³/mol. The third kappa shape index (κ3) is 4.00. The second-order valence-corrected chi connectivity index (χ2v) is 4.96. The van der Waals surface area contributed by atoms with E-state index in [1.165, 1.54) is 19.1 Å². The van der Waals surface area contributed by atoms with Crippen LogP contribution in [-0.4, -0.2) is 38.7 Å². The monoisotopic (exact) mass is 320 g/mol. The number of amides is 1. The summed E-state index contributed by atoms with van der Waals surface area (Å²) in [6, 6.07) is 2.54. The highest BCUT2D eigenvalue weighted by molar-refractivity contribution is 6.01. The van der Waals surface area contributed by atoms with Crippen LogP contribution < -0.4 is 4.90 Å². The molecule has 1 amide bonds. The van der Waals surface area contributed by atoms with Crippen LogP contribution in [0.25, 0.3) is 10.4 Å². The highest BCUT2D eigenvalue weighted by atomic mass is 16.5. The predicted octanol–water partition coefficient (Wildman–Crippen LogP) is 2.79. The molecule has 0 N–H and O–H groups in total. The lowest BCUT2D eigenvalue weighted by atomic mass is 10.0. The van der Waals surface area contributed by atoms with Crippen molar-refractivity contribution in [3.63, 3.8) is 0 Å². The van der Waals surface area contributed by atoms with Crippen LogP contribution in [0.5, 0.6) is 0 Å². The summed E-state index contributed by atoms with van der Waals surface area (Å²) < 4.78 is 9.65. The third-order valence-corrected chi connectivity index (χ3v) is 3.46. The average Bonchev–Trinajstić information content (AvgIpc) is 2.53. The number of anilines is 1. The number of hydrogen-bond donors (Lipinski definition) is 0. The van der Waals surface area contributed by atoms with E-state index in [-0.39, 0.29) is 6.61 Å². The van der Waals surface area contributed by atoms with Gasteiger partial charge in [0.15, 0.2) is 0 Å². The van der Waals surface area contributed by atoms with Crippen molar-refractivity contribution in [3.05, 3.63) is 33.7 Å². The van der Waals surface area contributed by atoms with Crippen LogP contribution >= 0.6 is 0 Å². The van der Waals surface area contributed by atoms with E-state index in [9.17, 15) is 9.59 Å². The summed E-state index contributed by atoms with van der Waals surface area (Å²) in [5.41, 5.74) is 10.9. The van der Waals surface area contributed by atoms with Gasteiger partial charge in [-0.15, -0.1) is 0 Å². The number of methoxy groups -OCH3 is 2. The molecule has 1 rings (SSSR count). The van der Waals surface area contributed by atoms with Crippen molar-refractivity contribution in [2.45, 2.75) is 26.8 Å². The first-order valence-electron chi connectivity index (χ1n) is 6.93. The lowest BCUT2D eigenvalue weighted by Gasteiger charge is -2.30. The van der Waals surface area contributed by atoms with Gasteiger partial charge < -0.3 is 9.47 Å². The van der Waals surface area contributed by atoms with E-state index < -0.39 is 17.9 Å². The fourth-order valence-electron chi connectivity index (χ4n) is 2.36. The number of aryl methyl sites for hydroxylation is 1. The Labute approximate surface area is 134 Å². The second-order valence-electron chi connectivity index (χ2n) is 4.96. The number of azide groups is 1. The minimum Gasteiger partial charge on any atom is -0.467 e. The Morgan fingerprint density at radius 1 is 1.35 bits per heavy atom. The summed E-state index contributed by atoms with van der Waals surface area (Å²) in [5.74, 6) is -0.947. The van der Waals surface area contributed by atoms with Crippen molar-refractivity contribution < 1.29 is 19.1 Å². The summed E-state index contributed by atoms with van der Waals surface area (Å²) in [6.45, 7) is 4.91. The number of ether oxygens (including phenoxy) is 2. The van der Waals surface area contributed by atoms with Crippen LogP contribution in [-0.2, 0) is 19.1 Å². The van der Waals surface area contributed by atoms with E-state index >= 15 is 0 Å². The molecule has 8 heteroatoms. The molecule has 8 nitrogen and oxygen atoms in total. The van der Waals surface area contributed by atoms with Gasteiger partial charge in [0.1, 0.15) is 12.6 Å². The van der Waals surface area contributed by atoms with Crippen LogP contribution in [0, 0.1) is 13.8 Å². The summed E-state index contributed by atoms with van der Waals surface area (Å²) in [5, 5.41) is 3.62. The number of hydrogen-bond acceptors (Lipinski definition) is 5. The van der Waals surface area contributed by atoms with E-state index in [4.69, 9.17) is 15.0 Å². The van der Waals surface area contributed by atoms with Gasteiger partial charge in [0.25, 0.3) is 5.91 Å². The molecule has 0 bridgehead atoms. The minimum absolute atomic E-state index is 0.189. The average molecular weight is 320 g/mol. The van der Waals surface area contributed by atoms with E-state index in [2.05, 4.69) is 10.0 Å². The molecule has 0 spiro atoms. The molecule has 0 radical (unpaired) electrons. The maximum atomic E-state index is 12.5. The Morgan fingerprint density at radius 2 is 2.00 bits per heavy atom. The molecule has 0 fully saturated rings. The topological polar surface area (TPSA) is 105 Å². The quantitative estimate of drug-likeness (QED) is 0.348. The van der Waals surface area contributed by atoms with Crippen LogP contribution in [0.4, 0.5) is 11.4 Å². The lowest BCUT2D eigenvalue weighted by Crippen LogP contribution is -2.46. The zero-order valence-electron chi connectivity index (χ0n) is 13.9. The number of esters is 1. The molecule has 0 saturated carbocycles. The normalized spacial score (nSPS) is 11.3. The van der Waals surface area contributed by atoms with Crippen molar-refractivity contribution in [2.24, 2.45) is 5.11 Å². The SMILES string of the molecule is COCC(=O)N(c1c(C)ccc(N=[N+]=[N-])c1C)C(C)C(=O)OC. The molecule has 0 heterocycles. The lowest BCUT2D eigenvalue weighted by molar-refractivity contribution is -0.143. The van der Waals surface area contributed by atoms with E-state index in [1.54, 1.807) is 32.9 Å². The van der Waals surface area contributed by atoms with Gasteiger partial charge in [-0.25, -0.2) is 4.79 Å². The molecule has 0 aliphatic heterocycles. The molecule has 124 valence electrons. The van der Waals surface area contributed by atoms with Crippen LogP contribution in [0.2, 0.25) is 0 Å². The number of carbonyl (C=O) groups excluding carboxylic acids is 2. The summed E-state index contributed by atoms with van der Waals surface area (Å²) in [7, 11) is 2.66. The van der Waals surface area contributed by atoms with Crippen molar-refractivity contribution >= 4 is 23.3 Å². The molecule has 1 unspecified atom stereocenters. The Hall–Kier alpha value is -2.57. The van der Waals surface area contributed by atoms with E-state index in [0.717, 1.165) is 5.56 Å². The molecule has 1 aromatic carbocycles. The standard InChI is InChI=1S/C15H20N4O4/c1-9-6-7-12(17-18-16)10(2)14(9)19(13(20)8-22-4)11(3)15(21)23-5/h6-7,11H,8H2,1-5H3. The first kappa shape index (κ1) is 18.5. The molecular formula is C15H20N4O4. The highest BCUT2D eigenvalue weighted by Gasteiger charge is 2.30. The zero-order valence-corrected chi connectivity index (χ0v) is 13.9. The van der Waals surface area contributed by atoms with Gasteiger partial charge in [0.2, 0.25) is 0 Å². The maximum Gasteiger partial charge on any atom is 0.328 e. The highest BCUT2D eigenvalue weighted by Crippen LogP contribution is 2.34. The second kappa shape index (κ2) is 8.17. The molecule has 23 heavy (non-hydrogen) atoms. The number of carbonyl (C=O) groups is 2. The fraction of sp³-hybridized carbons (Fsp3) is 0.467. The molecule has 0 aliphatic rings. The largest absolute Gasteiger partial charge is 0.467 e. The molecular weight excluding hydrogens is 300 g/mol. The summed E-state index contributed by atoms with van der Waals surface area (Å²) in [4.78, 5) is 28.5. The first-order valence-corrected chi connectivity index (χ1v) is 6.93. The van der Waals surface area contributed by atoms with E-state index in [0.29, 0.717) is 16.9 Å².